The summed E-state index contributed by atoms with van der Waals surface area (Å²) in [6, 6.07) is 36.7. The number of pyridine rings is 2. The van der Waals surface area contributed by atoms with E-state index in [0.29, 0.717) is 17.7 Å². The van der Waals surface area contributed by atoms with E-state index in [1.165, 1.54) is 0 Å². The molecule has 7 aromatic rings. The molecule has 0 aliphatic heterocycles. The van der Waals surface area contributed by atoms with E-state index in [4.69, 9.17) is 9.98 Å². The van der Waals surface area contributed by atoms with Crippen LogP contribution in [-0.4, -0.2) is 20.2 Å². The van der Waals surface area contributed by atoms with Crippen LogP contribution in [0.2, 0.25) is 0 Å². The maximum Gasteiger partial charge on any atom is 0.138 e. The van der Waals surface area contributed by atoms with Gasteiger partial charge in [0.15, 0.2) is 0 Å². The minimum absolute atomic E-state index is 0.645. The van der Waals surface area contributed by atoms with Gasteiger partial charge in [0.2, 0.25) is 0 Å². The van der Waals surface area contributed by atoms with Gasteiger partial charge in [-0.1, -0.05) is 86.3 Å². The number of fused-ring (bicyclic) bond motifs is 5. The number of nitrogens with zero attached hydrogens (tertiary/aromatic N) is 5. The van der Waals surface area contributed by atoms with Crippen LogP contribution in [0.4, 0.5) is 0 Å². The Morgan fingerprint density at radius 3 is 2.10 bits per heavy atom. The second kappa shape index (κ2) is 9.86. The molecular weight excluding hydrogens is 502 g/mol. The van der Waals surface area contributed by atoms with Crippen molar-refractivity contribution < 1.29 is 0 Å². The fourth-order valence-corrected chi connectivity index (χ4v) is 5.83. The standard InChI is InChI=1S/C36H25N5/c1-3-30(39-23(2)35-26-14-6-4-12-24(26)29(22-37)25-13-5-7-15-27(25)35)31-17-10-20-34(40-31)41-32-18-9-8-16-28(32)36-33(41)19-11-21-38-36/h4-21H,2-3H2,1H3. The summed E-state index contributed by atoms with van der Waals surface area (Å²) in [6.07, 6.45) is 2.50. The van der Waals surface area contributed by atoms with E-state index in [2.05, 4.69) is 47.3 Å². The minimum Gasteiger partial charge on any atom is -0.292 e. The van der Waals surface area contributed by atoms with Gasteiger partial charge < -0.3 is 0 Å². The lowest BCUT2D eigenvalue weighted by molar-refractivity contribution is 1.06. The maximum absolute atomic E-state index is 10.0. The second-order valence-electron chi connectivity index (χ2n) is 9.92. The summed E-state index contributed by atoms with van der Waals surface area (Å²) >= 11 is 0. The molecule has 194 valence electrons. The molecule has 0 bridgehead atoms. The van der Waals surface area contributed by atoms with Crippen molar-refractivity contribution in [3.63, 3.8) is 0 Å². The number of aromatic nitrogens is 3. The Bertz CT molecular complexity index is 2120. The zero-order valence-corrected chi connectivity index (χ0v) is 22.5. The molecule has 0 unspecified atom stereocenters. The third-order valence-electron chi connectivity index (χ3n) is 7.62. The van der Waals surface area contributed by atoms with Gasteiger partial charge in [-0.15, -0.1) is 0 Å². The molecule has 0 aliphatic carbocycles. The molecule has 0 radical (unpaired) electrons. The van der Waals surface area contributed by atoms with Crippen molar-refractivity contribution in [2.75, 3.05) is 0 Å². The van der Waals surface area contributed by atoms with E-state index in [0.717, 1.165) is 66.3 Å². The number of benzene rings is 4. The van der Waals surface area contributed by atoms with Crippen molar-refractivity contribution in [3.05, 3.63) is 133 Å². The van der Waals surface area contributed by atoms with Crippen LogP contribution < -0.4 is 0 Å². The summed E-state index contributed by atoms with van der Waals surface area (Å²) in [5.74, 6) is 0.808. The van der Waals surface area contributed by atoms with Gasteiger partial charge in [-0.3, -0.25) is 14.5 Å². The van der Waals surface area contributed by atoms with Gasteiger partial charge in [0, 0.05) is 27.9 Å². The van der Waals surface area contributed by atoms with Crippen LogP contribution in [0, 0.1) is 11.3 Å². The number of hydrogen-bond donors (Lipinski definition) is 0. The normalized spacial score (nSPS) is 11.9. The summed E-state index contributed by atoms with van der Waals surface area (Å²) in [7, 11) is 0. The molecule has 5 nitrogen and oxygen atoms in total. The van der Waals surface area contributed by atoms with Gasteiger partial charge in [0.05, 0.1) is 39.2 Å². The van der Waals surface area contributed by atoms with Gasteiger partial charge in [0.25, 0.3) is 0 Å². The number of para-hydroxylation sites is 1. The molecule has 0 fully saturated rings. The molecule has 0 amide bonds. The van der Waals surface area contributed by atoms with Gasteiger partial charge in [-0.05, 0) is 47.5 Å². The van der Waals surface area contributed by atoms with Crippen LogP contribution in [0.3, 0.4) is 0 Å². The maximum atomic E-state index is 10.0. The van der Waals surface area contributed by atoms with Crippen LogP contribution in [0.1, 0.15) is 30.2 Å². The highest BCUT2D eigenvalue weighted by molar-refractivity contribution is 6.14. The third kappa shape index (κ3) is 3.89. The van der Waals surface area contributed by atoms with E-state index in [1.54, 1.807) is 0 Å². The van der Waals surface area contributed by atoms with Crippen LogP contribution in [0.5, 0.6) is 0 Å². The second-order valence-corrected chi connectivity index (χ2v) is 9.92. The first kappa shape index (κ1) is 24.4. The lowest BCUT2D eigenvalue weighted by atomic mass is 9.91. The Morgan fingerprint density at radius 1 is 0.780 bits per heavy atom. The van der Waals surface area contributed by atoms with Crippen LogP contribution in [0.25, 0.3) is 55.0 Å². The molecule has 0 spiro atoms. The van der Waals surface area contributed by atoms with Crippen molar-refractivity contribution in [2.24, 2.45) is 4.99 Å². The first-order valence-electron chi connectivity index (χ1n) is 13.6. The first-order chi connectivity index (χ1) is 20.2. The van der Waals surface area contributed by atoms with Crippen molar-refractivity contribution in [1.82, 2.24) is 14.5 Å². The zero-order chi connectivity index (χ0) is 27.9. The third-order valence-corrected chi connectivity index (χ3v) is 7.62. The number of rotatable bonds is 5. The van der Waals surface area contributed by atoms with E-state index in [1.807, 2.05) is 91.1 Å². The van der Waals surface area contributed by atoms with Crippen LogP contribution >= 0.6 is 0 Å². The van der Waals surface area contributed by atoms with E-state index < -0.39 is 0 Å². The van der Waals surface area contributed by atoms with E-state index >= 15 is 0 Å². The molecular formula is C36H25N5. The Kier molecular flexibility index (Phi) is 5.88. The fourth-order valence-electron chi connectivity index (χ4n) is 5.83. The van der Waals surface area contributed by atoms with Crippen molar-refractivity contribution in [3.8, 4) is 11.9 Å². The van der Waals surface area contributed by atoms with Crippen LogP contribution in [-0.2, 0) is 0 Å². The number of nitriles is 1. The summed E-state index contributed by atoms with van der Waals surface area (Å²) in [5.41, 5.74) is 6.90. The predicted molar refractivity (Wildman–Crippen MR) is 168 cm³/mol. The lowest BCUT2D eigenvalue weighted by Crippen LogP contribution is -2.06. The molecule has 0 saturated heterocycles. The highest BCUT2D eigenvalue weighted by atomic mass is 15.1. The first-order valence-corrected chi connectivity index (χ1v) is 13.6. The van der Waals surface area contributed by atoms with Crippen molar-refractivity contribution in [1.29, 1.82) is 5.26 Å². The highest BCUT2D eigenvalue weighted by Gasteiger charge is 2.17. The molecule has 0 aliphatic rings. The van der Waals surface area contributed by atoms with Crippen molar-refractivity contribution in [2.45, 2.75) is 13.3 Å². The van der Waals surface area contributed by atoms with Crippen LogP contribution in [0.15, 0.2) is 121 Å². The minimum atomic E-state index is 0.645. The van der Waals surface area contributed by atoms with E-state index in [9.17, 15) is 5.26 Å². The predicted octanol–water partition coefficient (Wildman–Crippen LogP) is 8.62. The summed E-state index contributed by atoms with van der Waals surface area (Å²) in [5, 5.41) is 14.8. The average Bonchev–Trinajstić information content (AvgIpc) is 3.37. The smallest absolute Gasteiger partial charge is 0.138 e. The zero-order valence-electron chi connectivity index (χ0n) is 22.5. The molecule has 5 heteroatoms. The molecule has 3 aromatic heterocycles. The summed E-state index contributed by atoms with van der Waals surface area (Å²) in [6.45, 7) is 6.52. The summed E-state index contributed by atoms with van der Waals surface area (Å²) < 4.78 is 2.16. The molecule has 0 saturated carbocycles. The lowest BCUT2D eigenvalue weighted by Gasteiger charge is -2.15. The number of hydrogen-bond acceptors (Lipinski definition) is 4. The Morgan fingerprint density at radius 2 is 1.41 bits per heavy atom. The molecule has 0 atom stereocenters. The molecule has 7 rings (SSSR count). The number of aliphatic imine (C=N–C) groups is 1. The fraction of sp³-hybridized carbons (Fsp3) is 0.0556. The Labute approximate surface area is 237 Å². The molecule has 3 heterocycles. The average molecular weight is 528 g/mol. The van der Waals surface area contributed by atoms with Gasteiger partial charge in [-0.25, -0.2) is 4.98 Å². The van der Waals surface area contributed by atoms with E-state index in [-0.39, 0.29) is 0 Å². The Balaban J connectivity index is 1.40. The molecule has 41 heavy (non-hydrogen) atoms. The molecule has 4 aromatic carbocycles. The Hall–Kier alpha value is -5.60. The van der Waals surface area contributed by atoms with Gasteiger partial charge >= 0.3 is 0 Å². The monoisotopic (exact) mass is 527 g/mol. The van der Waals surface area contributed by atoms with Gasteiger partial charge in [-0.2, -0.15) is 5.26 Å². The molecule has 0 N–H and O–H groups in total. The largest absolute Gasteiger partial charge is 0.292 e. The van der Waals surface area contributed by atoms with Crippen molar-refractivity contribution >= 4 is 54.9 Å². The van der Waals surface area contributed by atoms with Gasteiger partial charge in [0.1, 0.15) is 11.9 Å². The quantitative estimate of drug-likeness (QED) is 0.166. The topological polar surface area (TPSA) is 66.9 Å². The SMILES string of the molecule is C=C(N=C(CC)c1cccc(-n2c3ccccc3c3ncccc32)n1)c1c2ccccc2c(C#N)c2ccccc12. The highest BCUT2D eigenvalue weighted by Crippen LogP contribution is 2.37. The summed E-state index contributed by atoms with van der Waals surface area (Å²) in [4.78, 5) is 14.9.